The highest BCUT2D eigenvalue weighted by Gasteiger charge is 2.04. The van der Waals surface area contributed by atoms with Gasteiger partial charge in [0.1, 0.15) is 5.75 Å². The van der Waals surface area contributed by atoms with Crippen molar-refractivity contribution < 1.29 is 4.74 Å². The monoisotopic (exact) mass is 243 g/mol. The topological polar surface area (TPSA) is 61.0 Å². The molecule has 0 unspecified atom stereocenters. The van der Waals surface area contributed by atoms with Crippen LogP contribution in [0.3, 0.4) is 0 Å². The van der Waals surface area contributed by atoms with E-state index in [1.807, 2.05) is 19.1 Å². The second kappa shape index (κ2) is 5.49. The Kier molecular flexibility index (Phi) is 3.77. The lowest BCUT2D eigenvalue weighted by atomic mass is 10.1. The molecule has 2 rings (SSSR count). The molecule has 0 aliphatic rings. The lowest BCUT2D eigenvalue weighted by molar-refractivity contribution is 0.316. The Morgan fingerprint density at radius 2 is 2.06 bits per heavy atom. The van der Waals surface area contributed by atoms with Crippen LogP contribution in [0.2, 0.25) is 0 Å². The number of aromatic nitrogens is 2. The van der Waals surface area contributed by atoms with Gasteiger partial charge in [0.2, 0.25) is 0 Å². The molecule has 0 spiro atoms. The highest BCUT2D eigenvalue weighted by molar-refractivity contribution is 5.63. The Labute approximate surface area is 107 Å². The first-order chi connectivity index (χ1) is 8.70. The van der Waals surface area contributed by atoms with Crippen LogP contribution in [-0.2, 0) is 0 Å². The van der Waals surface area contributed by atoms with Gasteiger partial charge in [-0.15, -0.1) is 0 Å². The lowest BCUT2D eigenvalue weighted by Crippen LogP contribution is -1.97. The fourth-order valence-electron chi connectivity index (χ4n) is 1.58. The molecule has 2 aromatic rings. The van der Waals surface area contributed by atoms with Crippen LogP contribution >= 0.6 is 0 Å². The molecule has 2 N–H and O–H groups in total. The first-order valence-electron chi connectivity index (χ1n) is 6.01. The van der Waals surface area contributed by atoms with Crippen LogP contribution < -0.4 is 10.5 Å². The molecule has 2 heterocycles. The summed E-state index contributed by atoms with van der Waals surface area (Å²) in [6, 6.07) is 3.90. The molecule has 0 fully saturated rings. The molecule has 2 aromatic heterocycles. The predicted molar refractivity (Wildman–Crippen MR) is 72.4 cm³/mol. The van der Waals surface area contributed by atoms with Crippen molar-refractivity contribution in [2.45, 2.75) is 20.3 Å². The summed E-state index contributed by atoms with van der Waals surface area (Å²) in [5, 5.41) is 0. The molecule has 0 atom stereocenters. The summed E-state index contributed by atoms with van der Waals surface area (Å²) >= 11 is 0. The summed E-state index contributed by atoms with van der Waals surface area (Å²) in [6.45, 7) is 4.73. The van der Waals surface area contributed by atoms with E-state index >= 15 is 0 Å². The van der Waals surface area contributed by atoms with Crippen LogP contribution in [0.15, 0.2) is 30.7 Å². The predicted octanol–water partition coefficient (Wildman–Crippen LogP) is 2.82. The molecule has 94 valence electrons. The Morgan fingerprint density at radius 1 is 1.22 bits per heavy atom. The fourth-order valence-corrected chi connectivity index (χ4v) is 1.58. The zero-order valence-electron chi connectivity index (χ0n) is 10.7. The first kappa shape index (κ1) is 12.4. The summed E-state index contributed by atoms with van der Waals surface area (Å²) in [4.78, 5) is 8.48. The number of nitrogens with zero attached hydrogens (tertiary/aromatic N) is 2. The third-order valence-electron chi connectivity index (χ3n) is 2.63. The Morgan fingerprint density at radius 3 is 2.78 bits per heavy atom. The number of nitrogens with two attached hydrogens (primary N) is 1. The van der Waals surface area contributed by atoms with E-state index in [2.05, 4.69) is 16.9 Å². The van der Waals surface area contributed by atoms with E-state index in [1.165, 1.54) is 0 Å². The Bertz CT molecular complexity index is 540. The van der Waals surface area contributed by atoms with Gasteiger partial charge < -0.3 is 10.5 Å². The summed E-state index contributed by atoms with van der Waals surface area (Å²) < 4.78 is 5.56. The number of anilines is 1. The molecule has 0 radical (unpaired) electrons. The molecular weight excluding hydrogens is 226 g/mol. The molecule has 0 bridgehead atoms. The third-order valence-corrected chi connectivity index (χ3v) is 2.63. The van der Waals surface area contributed by atoms with Gasteiger partial charge in [-0.1, -0.05) is 6.92 Å². The van der Waals surface area contributed by atoms with Gasteiger partial charge in [0.05, 0.1) is 30.4 Å². The average molecular weight is 243 g/mol. The molecular formula is C14H17N3O. The van der Waals surface area contributed by atoms with Gasteiger partial charge >= 0.3 is 0 Å². The molecule has 0 aromatic carbocycles. The summed E-state index contributed by atoms with van der Waals surface area (Å²) in [5.41, 5.74) is 9.27. The van der Waals surface area contributed by atoms with E-state index < -0.39 is 0 Å². The smallest absolute Gasteiger partial charge is 0.138 e. The molecule has 0 aliphatic carbocycles. The van der Waals surface area contributed by atoms with Crippen LogP contribution in [0.1, 0.15) is 18.9 Å². The molecule has 0 amide bonds. The number of pyridine rings is 2. The quantitative estimate of drug-likeness (QED) is 0.897. The standard InChI is InChI=1S/C14H17N3O/c1-3-4-18-12-6-11(7-16-8-12)14-5-10(2)13(15)9-17-14/h5-9H,3-4,15H2,1-2H3. The van der Waals surface area contributed by atoms with Gasteiger partial charge in [-0.05, 0) is 31.0 Å². The van der Waals surface area contributed by atoms with E-state index in [9.17, 15) is 0 Å². The van der Waals surface area contributed by atoms with Crippen LogP contribution in [-0.4, -0.2) is 16.6 Å². The molecule has 4 nitrogen and oxygen atoms in total. The Hall–Kier alpha value is -2.10. The van der Waals surface area contributed by atoms with Gasteiger partial charge in [-0.2, -0.15) is 0 Å². The van der Waals surface area contributed by atoms with E-state index in [0.29, 0.717) is 12.3 Å². The Balaban J connectivity index is 2.29. The van der Waals surface area contributed by atoms with Crippen molar-refractivity contribution in [3.63, 3.8) is 0 Å². The second-order valence-electron chi connectivity index (χ2n) is 4.18. The minimum atomic E-state index is 0.694. The van der Waals surface area contributed by atoms with Gasteiger partial charge in [0.15, 0.2) is 0 Å². The summed E-state index contributed by atoms with van der Waals surface area (Å²) in [6.07, 6.45) is 6.13. The van der Waals surface area contributed by atoms with Crippen molar-refractivity contribution in [3.05, 3.63) is 36.3 Å². The SMILES string of the molecule is CCCOc1cncc(-c2cc(C)c(N)cn2)c1. The maximum absolute atomic E-state index is 5.76. The molecule has 0 saturated carbocycles. The van der Waals surface area contributed by atoms with Crippen LogP contribution in [0, 0.1) is 6.92 Å². The number of aryl methyl sites for hydroxylation is 1. The number of hydrogen-bond acceptors (Lipinski definition) is 4. The molecule has 18 heavy (non-hydrogen) atoms. The van der Waals surface area contributed by atoms with Gasteiger partial charge in [-0.3, -0.25) is 9.97 Å². The van der Waals surface area contributed by atoms with Crippen molar-refractivity contribution in [2.24, 2.45) is 0 Å². The highest BCUT2D eigenvalue weighted by atomic mass is 16.5. The average Bonchev–Trinajstić information content (AvgIpc) is 2.40. The van der Waals surface area contributed by atoms with Crippen LogP contribution in [0.4, 0.5) is 5.69 Å². The lowest BCUT2D eigenvalue weighted by Gasteiger charge is -2.07. The van der Waals surface area contributed by atoms with Crippen LogP contribution in [0.25, 0.3) is 11.3 Å². The van der Waals surface area contributed by atoms with E-state index in [-0.39, 0.29) is 0 Å². The van der Waals surface area contributed by atoms with Gasteiger partial charge in [0.25, 0.3) is 0 Å². The van der Waals surface area contributed by atoms with Crippen molar-refractivity contribution in [3.8, 4) is 17.0 Å². The summed E-state index contributed by atoms with van der Waals surface area (Å²) in [7, 11) is 0. The van der Waals surface area contributed by atoms with Crippen molar-refractivity contribution in [1.29, 1.82) is 0 Å². The second-order valence-corrected chi connectivity index (χ2v) is 4.18. The zero-order chi connectivity index (χ0) is 13.0. The zero-order valence-corrected chi connectivity index (χ0v) is 10.7. The van der Waals surface area contributed by atoms with Crippen molar-refractivity contribution in [1.82, 2.24) is 9.97 Å². The van der Waals surface area contributed by atoms with Crippen molar-refractivity contribution in [2.75, 3.05) is 12.3 Å². The van der Waals surface area contributed by atoms with E-state index in [0.717, 1.165) is 29.0 Å². The fraction of sp³-hybridized carbons (Fsp3) is 0.286. The first-order valence-corrected chi connectivity index (χ1v) is 6.01. The van der Waals surface area contributed by atoms with E-state index in [1.54, 1.807) is 18.6 Å². The summed E-state index contributed by atoms with van der Waals surface area (Å²) in [5.74, 6) is 0.769. The van der Waals surface area contributed by atoms with Crippen LogP contribution in [0.5, 0.6) is 5.75 Å². The third kappa shape index (κ3) is 2.77. The van der Waals surface area contributed by atoms with E-state index in [4.69, 9.17) is 10.5 Å². The number of hydrogen-bond donors (Lipinski definition) is 1. The maximum Gasteiger partial charge on any atom is 0.138 e. The number of ether oxygens (including phenoxy) is 1. The van der Waals surface area contributed by atoms with Gasteiger partial charge in [0, 0.05) is 11.8 Å². The largest absolute Gasteiger partial charge is 0.492 e. The number of nitrogen functional groups attached to an aromatic ring is 1. The number of rotatable bonds is 4. The molecule has 4 heteroatoms. The minimum Gasteiger partial charge on any atom is -0.492 e. The molecule has 0 saturated heterocycles. The van der Waals surface area contributed by atoms with Gasteiger partial charge in [-0.25, -0.2) is 0 Å². The minimum absolute atomic E-state index is 0.694. The van der Waals surface area contributed by atoms with Crippen molar-refractivity contribution >= 4 is 5.69 Å². The highest BCUT2D eigenvalue weighted by Crippen LogP contribution is 2.23. The molecule has 0 aliphatic heterocycles. The maximum atomic E-state index is 5.76. The normalized spacial score (nSPS) is 10.3.